The van der Waals surface area contributed by atoms with E-state index in [0.717, 1.165) is 47.4 Å². The molecule has 35 heavy (non-hydrogen) atoms. The second-order valence-corrected chi connectivity index (χ2v) is 9.39. The lowest BCUT2D eigenvalue weighted by molar-refractivity contribution is 0.00578. The number of rotatable bonds is 7. The average molecular weight is 484 g/mol. The summed E-state index contributed by atoms with van der Waals surface area (Å²) in [6, 6.07) is 6.35. The molecular weight excluding hydrogens is 439 g/mol. The van der Waals surface area contributed by atoms with E-state index in [4.69, 9.17) is 19.0 Å². The first-order valence-electron chi connectivity index (χ1n) is 12.9. The molecule has 0 radical (unpaired) electrons. The minimum atomic E-state index is -0.385. The summed E-state index contributed by atoms with van der Waals surface area (Å²) < 4.78 is 17.5. The fourth-order valence-electron chi connectivity index (χ4n) is 4.13. The molecule has 0 amide bonds. The maximum absolute atomic E-state index is 6.21. The molecule has 0 saturated carbocycles. The summed E-state index contributed by atoms with van der Waals surface area (Å²) >= 11 is 0. The molecule has 2 fully saturated rings. The monoisotopic (exact) mass is 484 g/mol. The van der Waals surface area contributed by atoms with Crippen LogP contribution in [-0.2, 0) is 14.0 Å². The Morgan fingerprint density at radius 2 is 1.80 bits per heavy atom. The zero-order valence-electron chi connectivity index (χ0n) is 23.2. The van der Waals surface area contributed by atoms with Gasteiger partial charge in [0.15, 0.2) is 5.88 Å². The number of methoxy groups -OCH3 is 1. The van der Waals surface area contributed by atoms with Crippen LogP contribution in [0.15, 0.2) is 42.9 Å². The number of hydrogen-bond acceptors (Lipinski definition) is 6. The van der Waals surface area contributed by atoms with Crippen molar-refractivity contribution in [3.63, 3.8) is 0 Å². The molecule has 0 spiro atoms. The number of nitrogens with zero attached hydrogens (tertiary/aromatic N) is 2. The molecule has 0 aliphatic carbocycles. The van der Waals surface area contributed by atoms with Gasteiger partial charge in [0, 0.05) is 12.2 Å². The number of hydrogen-bond donors (Lipinski definition) is 2. The van der Waals surface area contributed by atoms with E-state index in [9.17, 15) is 0 Å². The number of likely N-dealkylation sites (tertiary alicyclic amines) is 1. The van der Waals surface area contributed by atoms with Gasteiger partial charge in [-0.05, 0) is 64.7 Å². The Labute approximate surface area is 212 Å². The molecule has 1 aromatic carbocycles. The first-order chi connectivity index (χ1) is 16.6. The summed E-state index contributed by atoms with van der Waals surface area (Å²) in [6.45, 7) is 25.9. The molecule has 1 aromatic heterocycles. The van der Waals surface area contributed by atoms with Gasteiger partial charge in [0.05, 0.1) is 41.9 Å². The Hall–Kier alpha value is -2.45. The Balaban J connectivity index is 0.00000103. The molecule has 7 nitrogen and oxygen atoms in total. The molecule has 8 heteroatoms. The van der Waals surface area contributed by atoms with Gasteiger partial charge >= 0.3 is 7.12 Å². The number of nitrogens with one attached hydrogen (secondary N) is 2. The summed E-state index contributed by atoms with van der Waals surface area (Å²) in [5.41, 5.74) is 3.21. The van der Waals surface area contributed by atoms with E-state index in [1.807, 2.05) is 39.8 Å². The van der Waals surface area contributed by atoms with Crippen molar-refractivity contribution in [1.82, 2.24) is 20.2 Å². The van der Waals surface area contributed by atoms with Crippen LogP contribution in [0.2, 0.25) is 0 Å². The topological polar surface area (TPSA) is 71.6 Å². The standard InChI is InChI=1S/C23H33BN4O3.2C2H6/c1-15(14-25-16(2)29-7)28-12-8-9-20(28)21-26-18-11-10-17(13-19(18)27-21)24-30-22(3,4)23(5,6)31-24;2*1-2/h10-11,13,20,25H,1-2,8-9,12,14H2,3-7H3,(H,26,27);2*1-2H3. The number of benzene rings is 1. The van der Waals surface area contributed by atoms with E-state index in [0.29, 0.717) is 12.4 Å². The summed E-state index contributed by atoms with van der Waals surface area (Å²) in [5.74, 6) is 1.50. The maximum Gasteiger partial charge on any atom is 0.494 e. The Kier molecular flexibility index (Phi) is 9.87. The van der Waals surface area contributed by atoms with Crippen LogP contribution in [0.25, 0.3) is 11.0 Å². The fourth-order valence-corrected chi connectivity index (χ4v) is 4.13. The van der Waals surface area contributed by atoms with Crippen LogP contribution in [0.1, 0.15) is 80.1 Å². The molecule has 194 valence electrons. The number of aromatic amines is 1. The SMILES string of the molecule is C=C(NCC(=C)N1CCCC1c1nc2ccc(B3OC(C)(C)C(C)(C)O3)cc2[nH]1)OC.CC.CC. The van der Waals surface area contributed by atoms with E-state index in [2.05, 4.69) is 62.1 Å². The predicted molar refractivity (Wildman–Crippen MR) is 146 cm³/mol. The number of fused-ring (bicyclic) bond motifs is 1. The molecule has 2 aromatic rings. The number of ether oxygens (including phenoxy) is 1. The second-order valence-electron chi connectivity index (χ2n) is 9.39. The average Bonchev–Trinajstić information content (AvgIpc) is 3.55. The van der Waals surface area contributed by atoms with E-state index in [-0.39, 0.29) is 24.4 Å². The first-order valence-corrected chi connectivity index (χ1v) is 12.9. The molecular formula is C27H45BN4O3. The van der Waals surface area contributed by atoms with Crippen LogP contribution in [0.3, 0.4) is 0 Å². The van der Waals surface area contributed by atoms with Gasteiger partial charge in [0.2, 0.25) is 0 Å². The summed E-state index contributed by atoms with van der Waals surface area (Å²) in [6.07, 6.45) is 2.14. The van der Waals surface area contributed by atoms with Crippen molar-refractivity contribution in [3.05, 3.63) is 48.8 Å². The van der Waals surface area contributed by atoms with Gasteiger partial charge in [0.25, 0.3) is 0 Å². The second kappa shape index (κ2) is 12.0. The zero-order chi connectivity index (χ0) is 26.4. The van der Waals surface area contributed by atoms with Crippen molar-refractivity contribution in [2.75, 3.05) is 20.2 Å². The third-order valence-electron chi connectivity index (χ3n) is 6.76. The molecule has 0 bridgehead atoms. The highest BCUT2D eigenvalue weighted by molar-refractivity contribution is 6.62. The first kappa shape index (κ1) is 28.8. The van der Waals surface area contributed by atoms with Crippen molar-refractivity contribution in [2.45, 2.75) is 85.5 Å². The zero-order valence-corrected chi connectivity index (χ0v) is 23.2. The molecule has 3 heterocycles. The lowest BCUT2D eigenvalue weighted by Gasteiger charge is -2.32. The van der Waals surface area contributed by atoms with Gasteiger partial charge in [-0.1, -0.05) is 40.3 Å². The summed E-state index contributed by atoms with van der Waals surface area (Å²) in [7, 11) is 1.21. The van der Waals surface area contributed by atoms with Crippen molar-refractivity contribution < 1.29 is 14.0 Å². The number of aromatic nitrogens is 2. The van der Waals surface area contributed by atoms with Gasteiger partial charge in [-0.3, -0.25) is 0 Å². The molecule has 1 unspecified atom stereocenters. The van der Waals surface area contributed by atoms with Crippen LogP contribution in [0.5, 0.6) is 0 Å². The van der Waals surface area contributed by atoms with Crippen molar-refractivity contribution in [2.24, 2.45) is 0 Å². The van der Waals surface area contributed by atoms with Crippen molar-refractivity contribution in [3.8, 4) is 0 Å². The molecule has 2 aliphatic heterocycles. The third kappa shape index (κ3) is 6.22. The highest BCUT2D eigenvalue weighted by atomic mass is 16.7. The molecule has 2 N–H and O–H groups in total. The van der Waals surface area contributed by atoms with Crippen LogP contribution in [-0.4, -0.2) is 53.4 Å². The van der Waals surface area contributed by atoms with E-state index in [1.165, 1.54) is 0 Å². The van der Waals surface area contributed by atoms with Crippen LogP contribution >= 0.6 is 0 Å². The molecule has 1 atom stereocenters. The number of H-pyrrole nitrogens is 1. The van der Waals surface area contributed by atoms with Gasteiger partial charge in [-0.2, -0.15) is 0 Å². The van der Waals surface area contributed by atoms with Gasteiger partial charge < -0.3 is 29.2 Å². The van der Waals surface area contributed by atoms with Gasteiger partial charge in [0.1, 0.15) is 5.82 Å². The summed E-state index contributed by atoms with van der Waals surface area (Å²) in [4.78, 5) is 10.7. The van der Waals surface area contributed by atoms with E-state index < -0.39 is 0 Å². The van der Waals surface area contributed by atoms with Gasteiger partial charge in [-0.25, -0.2) is 4.98 Å². The van der Waals surface area contributed by atoms with Crippen molar-refractivity contribution >= 4 is 23.6 Å². The maximum atomic E-state index is 6.21. The Morgan fingerprint density at radius 1 is 1.17 bits per heavy atom. The smallest absolute Gasteiger partial charge is 0.483 e. The minimum Gasteiger partial charge on any atom is -0.483 e. The largest absolute Gasteiger partial charge is 0.494 e. The third-order valence-corrected chi connectivity index (χ3v) is 6.76. The Bertz CT molecular complexity index is 985. The molecule has 2 saturated heterocycles. The van der Waals surface area contributed by atoms with Crippen molar-refractivity contribution in [1.29, 1.82) is 0 Å². The minimum absolute atomic E-state index is 0.179. The lowest BCUT2D eigenvalue weighted by atomic mass is 9.79. The van der Waals surface area contributed by atoms with Crippen LogP contribution in [0.4, 0.5) is 0 Å². The molecule has 2 aliphatic rings. The fraction of sp³-hybridized carbons (Fsp3) is 0.593. The lowest BCUT2D eigenvalue weighted by Crippen LogP contribution is -2.41. The van der Waals surface area contributed by atoms with E-state index >= 15 is 0 Å². The van der Waals surface area contributed by atoms with Crippen LogP contribution < -0.4 is 10.8 Å². The quantitative estimate of drug-likeness (QED) is 0.412. The molecule has 4 rings (SSSR count). The summed E-state index contributed by atoms with van der Waals surface area (Å²) in [5, 5.41) is 3.14. The highest BCUT2D eigenvalue weighted by Gasteiger charge is 2.51. The number of imidazole rings is 1. The van der Waals surface area contributed by atoms with E-state index in [1.54, 1.807) is 7.11 Å². The van der Waals surface area contributed by atoms with Crippen LogP contribution in [0, 0.1) is 0 Å². The predicted octanol–water partition coefficient (Wildman–Crippen LogP) is 5.27. The van der Waals surface area contributed by atoms with Gasteiger partial charge in [-0.15, -0.1) is 0 Å². The normalized spacial score (nSPS) is 20.0. The highest BCUT2D eigenvalue weighted by Crippen LogP contribution is 2.37. The Morgan fingerprint density at radius 3 is 2.40 bits per heavy atom.